The number of carbonyl (C=O) groups is 2. The van der Waals surface area contributed by atoms with Crippen molar-refractivity contribution in [2.45, 2.75) is 32.6 Å². The van der Waals surface area contributed by atoms with E-state index in [1.807, 2.05) is 0 Å². The van der Waals surface area contributed by atoms with Crippen molar-refractivity contribution in [1.29, 1.82) is 0 Å². The molecule has 0 amide bonds. The predicted molar refractivity (Wildman–Crippen MR) is 51.6 cm³/mol. The first-order valence-electron chi connectivity index (χ1n) is 5.75. The summed E-state index contributed by atoms with van der Waals surface area (Å²) in [5.41, 5.74) is 0. The van der Waals surface area contributed by atoms with Gasteiger partial charge in [0.2, 0.25) is 0 Å². The maximum absolute atomic E-state index is 11.7. The maximum Gasteiger partial charge on any atom is 0.136 e. The Labute approximate surface area is 84.1 Å². The van der Waals surface area contributed by atoms with Crippen LogP contribution in [0.1, 0.15) is 32.6 Å². The number of ketones is 2. The quantitative estimate of drug-likeness (QED) is 0.586. The van der Waals surface area contributed by atoms with Gasteiger partial charge < -0.3 is 0 Å². The van der Waals surface area contributed by atoms with Crippen LogP contribution in [0.2, 0.25) is 0 Å². The molecule has 0 aromatic rings. The molecule has 14 heavy (non-hydrogen) atoms. The van der Waals surface area contributed by atoms with Gasteiger partial charge in [-0.2, -0.15) is 0 Å². The first kappa shape index (κ1) is 8.63. The fraction of sp³-hybridized carbons (Fsp3) is 0.833. The molecule has 3 aliphatic carbocycles. The Morgan fingerprint density at radius 2 is 1.36 bits per heavy atom. The van der Waals surface area contributed by atoms with E-state index in [1.165, 1.54) is 0 Å². The highest BCUT2D eigenvalue weighted by Gasteiger charge is 2.57. The van der Waals surface area contributed by atoms with Crippen LogP contribution in [0.25, 0.3) is 0 Å². The third kappa shape index (κ3) is 0.870. The molecule has 3 saturated carbocycles. The van der Waals surface area contributed by atoms with E-state index in [0.717, 1.165) is 25.7 Å². The van der Waals surface area contributed by atoms with Crippen LogP contribution in [-0.4, -0.2) is 11.6 Å². The normalized spacial score (nSPS) is 47.2. The Hall–Kier alpha value is -0.660. The van der Waals surface area contributed by atoms with Crippen molar-refractivity contribution >= 4 is 11.6 Å². The lowest BCUT2D eigenvalue weighted by Gasteiger charge is -2.15. The molecule has 0 spiro atoms. The molecule has 5 atom stereocenters. The molecular weight excluding hydrogens is 176 g/mol. The molecule has 3 fully saturated rings. The van der Waals surface area contributed by atoms with Crippen LogP contribution in [0.15, 0.2) is 0 Å². The second-order valence-corrected chi connectivity index (χ2v) is 5.25. The number of Topliss-reactive ketones (excluding diaryl/α,β-unsaturated/α-hetero) is 2. The predicted octanol–water partition coefficient (Wildman–Crippen LogP) is 1.83. The van der Waals surface area contributed by atoms with Crippen molar-refractivity contribution in [3.8, 4) is 0 Å². The number of hydrogen-bond acceptors (Lipinski definition) is 2. The Morgan fingerprint density at radius 3 is 1.79 bits per heavy atom. The highest BCUT2D eigenvalue weighted by Crippen LogP contribution is 2.57. The van der Waals surface area contributed by atoms with Gasteiger partial charge in [0.15, 0.2) is 0 Å². The van der Waals surface area contributed by atoms with Crippen LogP contribution in [0.4, 0.5) is 0 Å². The van der Waals surface area contributed by atoms with E-state index in [9.17, 15) is 9.59 Å². The Balaban J connectivity index is 1.97. The van der Waals surface area contributed by atoms with Crippen LogP contribution in [0.3, 0.4) is 0 Å². The monoisotopic (exact) mass is 192 g/mol. The largest absolute Gasteiger partial charge is 0.299 e. The van der Waals surface area contributed by atoms with Crippen molar-refractivity contribution in [3.63, 3.8) is 0 Å². The zero-order valence-corrected chi connectivity index (χ0v) is 8.53. The van der Waals surface area contributed by atoms with E-state index in [0.29, 0.717) is 29.3 Å². The standard InChI is InChI=1S/C12H16O2/c1-6-11-7(2-4-9(11)13)8-3-5-10(14)12(6)8/h6-8,11-12H,2-5H2,1H3/t6?,7-,8+,11-,12-/m0/s1. The van der Waals surface area contributed by atoms with E-state index >= 15 is 0 Å². The van der Waals surface area contributed by atoms with Crippen LogP contribution in [0.5, 0.6) is 0 Å². The van der Waals surface area contributed by atoms with Gasteiger partial charge in [-0.15, -0.1) is 0 Å². The van der Waals surface area contributed by atoms with E-state index in [1.54, 1.807) is 0 Å². The zero-order chi connectivity index (χ0) is 9.87. The smallest absolute Gasteiger partial charge is 0.136 e. The first-order chi connectivity index (χ1) is 6.70. The molecule has 0 N–H and O–H groups in total. The van der Waals surface area contributed by atoms with Crippen LogP contribution in [0, 0.1) is 29.6 Å². The molecule has 0 heterocycles. The second kappa shape index (κ2) is 2.68. The van der Waals surface area contributed by atoms with Gasteiger partial charge in [-0.1, -0.05) is 6.92 Å². The van der Waals surface area contributed by atoms with Crippen LogP contribution in [-0.2, 0) is 9.59 Å². The zero-order valence-electron chi connectivity index (χ0n) is 8.53. The SMILES string of the molecule is CC1[C@@H]2C(=O)CC[C@@H]2[C@@H]2CCC(=O)[C@@H]12. The lowest BCUT2D eigenvalue weighted by Crippen LogP contribution is -2.21. The fourth-order valence-electron chi connectivity index (χ4n) is 4.34. The summed E-state index contributed by atoms with van der Waals surface area (Å²) >= 11 is 0. The molecule has 0 aromatic heterocycles. The number of rotatable bonds is 0. The van der Waals surface area contributed by atoms with E-state index in [2.05, 4.69) is 6.92 Å². The average Bonchev–Trinajstić information content (AvgIpc) is 2.74. The lowest BCUT2D eigenvalue weighted by molar-refractivity contribution is -0.124. The molecule has 0 aliphatic heterocycles. The van der Waals surface area contributed by atoms with Crippen molar-refractivity contribution in [2.24, 2.45) is 29.6 Å². The van der Waals surface area contributed by atoms with Gasteiger partial charge in [-0.05, 0) is 30.6 Å². The molecule has 2 nitrogen and oxygen atoms in total. The van der Waals surface area contributed by atoms with Crippen molar-refractivity contribution in [1.82, 2.24) is 0 Å². The molecular formula is C12H16O2. The molecule has 0 bridgehead atoms. The van der Waals surface area contributed by atoms with E-state index in [-0.39, 0.29) is 11.8 Å². The summed E-state index contributed by atoms with van der Waals surface area (Å²) in [5.74, 6) is 2.83. The Kier molecular flexibility index (Phi) is 1.65. The van der Waals surface area contributed by atoms with Gasteiger partial charge >= 0.3 is 0 Å². The highest BCUT2D eigenvalue weighted by atomic mass is 16.1. The second-order valence-electron chi connectivity index (χ2n) is 5.25. The minimum atomic E-state index is 0.245. The fourth-order valence-corrected chi connectivity index (χ4v) is 4.34. The van der Waals surface area contributed by atoms with Gasteiger partial charge in [-0.25, -0.2) is 0 Å². The van der Waals surface area contributed by atoms with Gasteiger partial charge in [-0.3, -0.25) is 9.59 Å². The first-order valence-corrected chi connectivity index (χ1v) is 5.75. The van der Waals surface area contributed by atoms with E-state index in [4.69, 9.17) is 0 Å². The van der Waals surface area contributed by atoms with Crippen LogP contribution < -0.4 is 0 Å². The summed E-state index contributed by atoms with van der Waals surface area (Å²) < 4.78 is 0. The average molecular weight is 192 g/mol. The molecule has 3 rings (SSSR count). The minimum Gasteiger partial charge on any atom is -0.299 e. The molecule has 1 unspecified atom stereocenters. The molecule has 0 saturated heterocycles. The number of carbonyl (C=O) groups excluding carboxylic acids is 2. The Bertz CT molecular complexity index is 277. The summed E-state index contributed by atoms with van der Waals surface area (Å²) in [6.45, 7) is 2.12. The maximum atomic E-state index is 11.7. The molecule has 0 radical (unpaired) electrons. The summed E-state index contributed by atoms with van der Waals surface area (Å²) in [6.07, 6.45) is 3.67. The lowest BCUT2D eigenvalue weighted by atomic mass is 9.87. The molecule has 2 heteroatoms. The number of fused-ring (bicyclic) bond motifs is 3. The summed E-state index contributed by atoms with van der Waals surface area (Å²) in [5, 5.41) is 0. The minimum absolute atomic E-state index is 0.245. The summed E-state index contributed by atoms with van der Waals surface area (Å²) in [6, 6.07) is 0. The van der Waals surface area contributed by atoms with Crippen molar-refractivity contribution < 1.29 is 9.59 Å². The third-order valence-electron chi connectivity index (χ3n) is 4.80. The third-order valence-corrected chi connectivity index (χ3v) is 4.80. The summed E-state index contributed by atoms with van der Waals surface area (Å²) in [4.78, 5) is 23.4. The van der Waals surface area contributed by atoms with Crippen molar-refractivity contribution in [3.05, 3.63) is 0 Å². The molecule has 0 aromatic carbocycles. The Morgan fingerprint density at radius 1 is 0.929 bits per heavy atom. The summed E-state index contributed by atoms with van der Waals surface area (Å²) in [7, 11) is 0. The topological polar surface area (TPSA) is 34.1 Å². The molecule has 76 valence electrons. The highest BCUT2D eigenvalue weighted by molar-refractivity contribution is 5.89. The van der Waals surface area contributed by atoms with Crippen molar-refractivity contribution in [2.75, 3.05) is 0 Å². The van der Waals surface area contributed by atoms with Gasteiger partial charge in [0.05, 0.1) is 0 Å². The molecule has 3 aliphatic rings. The van der Waals surface area contributed by atoms with Gasteiger partial charge in [0.1, 0.15) is 11.6 Å². The van der Waals surface area contributed by atoms with Crippen LogP contribution >= 0.6 is 0 Å². The van der Waals surface area contributed by atoms with Gasteiger partial charge in [0.25, 0.3) is 0 Å². The van der Waals surface area contributed by atoms with Gasteiger partial charge in [0, 0.05) is 24.7 Å². The van der Waals surface area contributed by atoms with E-state index < -0.39 is 0 Å². The number of hydrogen-bond donors (Lipinski definition) is 0.